The van der Waals surface area contributed by atoms with E-state index in [-0.39, 0.29) is 0 Å². The Balaban J connectivity index is 1.98. The van der Waals surface area contributed by atoms with Gasteiger partial charge in [0.15, 0.2) is 0 Å². The van der Waals surface area contributed by atoms with Crippen LogP contribution < -0.4 is 5.73 Å². The van der Waals surface area contributed by atoms with Gasteiger partial charge in [-0.1, -0.05) is 55.8 Å². The van der Waals surface area contributed by atoms with Gasteiger partial charge in [0.1, 0.15) is 0 Å². The molecule has 0 spiro atoms. The van der Waals surface area contributed by atoms with Crippen LogP contribution in [0.2, 0.25) is 5.02 Å². The summed E-state index contributed by atoms with van der Waals surface area (Å²) < 4.78 is 0. The lowest BCUT2D eigenvalue weighted by Crippen LogP contribution is -2.27. The van der Waals surface area contributed by atoms with Crippen LogP contribution in [0.3, 0.4) is 0 Å². The van der Waals surface area contributed by atoms with Crippen molar-refractivity contribution in [1.82, 2.24) is 0 Å². The van der Waals surface area contributed by atoms with Crippen molar-refractivity contribution in [2.45, 2.75) is 38.5 Å². The van der Waals surface area contributed by atoms with Crippen LogP contribution >= 0.6 is 11.6 Å². The van der Waals surface area contributed by atoms with E-state index in [1.165, 1.54) is 37.7 Å². The highest BCUT2D eigenvalue weighted by Gasteiger charge is 2.22. The highest BCUT2D eigenvalue weighted by atomic mass is 35.5. The Kier molecular flexibility index (Phi) is 4.87. The Morgan fingerprint density at radius 3 is 2.65 bits per heavy atom. The zero-order valence-corrected chi connectivity index (χ0v) is 11.1. The Morgan fingerprint density at radius 1 is 1.24 bits per heavy atom. The summed E-state index contributed by atoms with van der Waals surface area (Å²) in [6, 6.07) is 8.21. The summed E-state index contributed by atoms with van der Waals surface area (Å²) in [5.74, 6) is 1.46. The third kappa shape index (κ3) is 3.72. The number of hydrogen-bond donors (Lipinski definition) is 1. The molecule has 0 saturated heterocycles. The number of benzene rings is 1. The summed E-state index contributed by atoms with van der Waals surface area (Å²) in [4.78, 5) is 0. The van der Waals surface area contributed by atoms with Gasteiger partial charge in [0.2, 0.25) is 0 Å². The quantitative estimate of drug-likeness (QED) is 0.859. The second-order valence-electron chi connectivity index (χ2n) is 5.23. The van der Waals surface area contributed by atoms with Crippen molar-refractivity contribution in [3.05, 3.63) is 34.9 Å². The predicted octanol–water partition coefficient (Wildman–Crippen LogP) is 4.04. The molecule has 1 aromatic carbocycles. The third-order valence-electron chi connectivity index (χ3n) is 4.01. The molecule has 0 radical (unpaired) electrons. The summed E-state index contributed by atoms with van der Waals surface area (Å²) >= 11 is 6.03. The Labute approximate surface area is 109 Å². The van der Waals surface area contributed by atoms with Crippen LogP contribution in [0.4, 0.5) is 0 Å². The van der Waals surface area contributed by atoms with Gasteiger partial charge in [0.05, 0.1) is 0 Å². The molecule has 0 aromatic heterocycles. The molecule has 94 valence electrons. The maximum Gasteiger partial charge on any atom is 0.0408 e. The molecule has 17 heavy (non-hydrogen) atoms. The second kappa shape index (κ2) is 6.42. The molecule has 0 heterocycles. The van der Waals surface area contributed by atoms with Crippen molar-refractivity contribution in [1.29, 1.82) is 0 Å². The average Bonchev–Trinajstić information content (AvgIpc) is 2.37. The minimum Gasteiger partial charge on any atom is -0.330 e. The molecule has 1 aliphatic rings. The summed E-state index contributed by atoms with van der Waals surface area (Å²) in [7, 11) is 0. The monoisotopic (exact) mass is 251 g/mol. The van der Waals surface area contributed by atoms with Gasteiger partial charge in [0, 0.05) is 5.02 Å². The topological polar surface area (TPSA) is 26.0 Å². The molecule has 0 aliphatic heterocycles. The Hall–Kier alpha value is -0.530. The predicted molar refractivity (Wildman–Crippen MR) is 74.3 cm³/mol. The lowest BCUT2D eigenvalue weighted by atomic mass is 9.77. The highest BCUT2D eigenvalue weighted by molar-refractivity contribution is 6.30. The van der Waals surface area contributed by atoms with Gasteiger partial charge in [-0.25, -0.2) is 0 Å². The van der Waals surface area contributed by atoms with Crippen molar-refractivity contribution < 1.29 is 0 Å². The molecule has 0 amide bonds. The van der Waals surface area contributed by atoms with Gasteiger partial charge >= 0.3 is 0 Å². The van der Waals surface area contributed by atoms with Crippen LogP contribution in [0, 0.1) is 11.8 Å². The SMILES string of the molecule is NCC(Cc1cccc(Cl)c1)C1CCCCC1. The molecule has 1 atom stereocenters. The molecule has 0 bridgehead atoms. The first-order chi connectivity index (χ1) is 8.29. The third-order valence-corrected chi connectivity index (χ3v) is 4.24. The van der Waals surface area contributed by atoms with Gasteiger partial charge in [-0.05, 0) is 42.5 Å². The van der Waals surface area contributed by atoms with Gasteiger partial charge < -0.3 is 5.73 Å². The first-order valence-electron chi connectivity index (χ1n) is 6.74. The fourth-order valence-corrected chi connectivity index (χ4v) is 3.23. The fraction of sp³-hybridized carbons (Fsp3) is 0.600. The van der Waals surface area contributed by atoms with Crippen LogP contribution in [-0.2, 0) is 6.42 Å². The second-order valence-corrected chi connectivity index (χ2v) is 5.66. The maximum absolute atomic E-state index is 6.03. The summed E-state index contributed by atoms with van der Waals surface area (Å²) in [6.07, 6.45) is 7.99. The van der Waals surface area contributed by atoms with E-state index in [1.54, 1.807) is 0 Å². The highest BCUT2D eigenvalue weighted by Crippen LogP contribution is 2.31. The molecule has 2 heteroatoms. The van der Waals surface area contributed by atoms with Crippen LogP contribution in [0.5, 0.6) is 0 Å². The lowest BCUT2D eigenvalue weighted by molar-refractivity contribution is 0.251. The van der Waals surface area contributed by atoms with Gasteiger partial charge in [0.25, 0.3) is 0 Å². The molecule has 1 aromatic rings. The molecule has 1 fully saturated rings. The molecule has 2 rings (SSSR count). The Morgan fingerprint density at radius 2 is 2.00 bits per heavy atom. The van der Waals surface area contributed by atoms with E-state index in [0.29, 0.717) is 5.92 Å². The standard InChI is InChI=1S/C15H22ClN/c16-15-8-4-5-12(10-15)9-14(11-17)13-6-2-1-3-7-13/h4-5,8,10,13-14H,1-3,6-7,9,11,17H2. The van der Waals surface area contributed by atoms with E-state index in [2.05, 4.69) is 12.1 Å². The first-order valence-corrected chi connectivity index (χ1v) is 7.12. The lowest BCUT2D eigenvalue weighted by Gasteiger charge is -2.29. The summed E-state index contributed by atoms with van der Waals surface area (Å²) in [5, 5.41) is 0.835. The van der Waals surface area contributed by atoms with Crippen LogP contribution in [-0.4, -0.2) is 6.54 Å². The van der Waals surface area contributed by atoms with E-state index < -0.39 is 0 Å². The van der Waals surface area contributed by atoms with Crippen LogP contribution in [0.1, 0.15) is 37.7 Å². The van der Waals surface area contributed by atoms with Gasteiger partial charge in [-0.15, -0.1) is 0 Å². The average molecular weight is 252 g/mol. The van der Waals surface area contributed by atoms with E-state index in [4.69, 9.17) is 17.3 Å². The van der Waals surface area contributed by atoms with Gasteiger partial charge in [-0.3, -0.25) is 0 Å². The fourth-order valence-electron chi connectivity index (χ4n) is 3.01. The van der Waals surface area contributed by atoms with Crippen molar-refractivity contribution in [3.63, 3.8) is 0 Å². The first kappa shape index (κ1) is 12.9. The number of halogens is 1. The maximum atomic E-state index is 6.03. The van der Waals surface area contributed by atoms with Crippen molar-refractivity contribution in [3.8, 4) is 0 Å². The van der Waals surface area contributed by atoms with Crippen LogP contribution in [0.25, 0.3) is 0 Å². The smallest absolute Gasteiger partial charge is 0.0408 e. The minimum atomic E-state index is 0.633. The summed E-state index contributed by atoms with van der Waals surface area (Å²) in [6.45, 7) is 0.803. The zero-order valence-electron chi connectivity index (χ0n) is 10.4. The number of nitrogens with two attached hydrogens (primary N) is 1. The minimum absolute atomic E-state index is 0.633. The van der Waals surface area contributed by atoms with E-state index >= 15 is 0 Å². The number of hydrogen-bond acceptors (Lipinski definition) is 1. The van der Waals surface area contributed by atoms with Crippen LogP contribution in [0.15, 0.2) is 24.3 Å². The van der Waals surface area contributed by atoms with Crippen molar-refractivity contribution in [2.24, 2.45) is 17.6 Å². The normalized spacial score (nSPS) is 19.2. The molecule has 1 saturated carbocycles. The summed E-state index contributed by atoms with van der Waals surface area (Å²) in [5.41, 5.74) is 7.29. The van der Waals surface area contributed by atoms with Crippen molar-refractivity contribution in [2.75, 3.05) is 6.54 Å². The largest absolute Gasteiger partial charge is 0.330 e. The van der Waals surface area contributed by atoms with E-state index in [9.17, 15) is 0 Å². The number of rotatable bonds is 4. The molecular weight excluding hydrogens is 230 g/mol. The molecule has 2 N–H and O–H groups in total. The van der Waals surface area contributed by atoms with Gasteiger partial charge in [-0.2, -0.15) is 0 Å². The molecule has 1 unspecified atom stereocenters. The molecule has 1 nitrogen and oxygen atoms in total. The van der Waals surface area contributed by atoms with E-state index in [0.717, 1.165) is 23.9 Å². The molecular formula is C15H22ClN. The molecule has 1 aliphatic carbocycles. The Bertz CT molecular complexity index is 345. The van der Waals surface area contributed by atoms with Crippen molar-refractivity contribution >= 4 is 11.6 Å². The van der Waals surface area contributed by atoms with E-state index in [1.807, 2.05) is 12.1 Å². The zero-order chi connectivity index (χ0) is 12.1.